The third kappa shape index (κ3) is 3.06. The van der Waals surface area contributed by atoms with Crippen LogP contribution in [0.4, 0.5) is 5.82 Å². The van der Waals surface area contributed by atoms with E-state index in [2.05, 4.69) is 20.0 Å². The minimum Gasteiger partial charge on any atom is -0.360 e. The van der Waals surface area contributed by atoms with Crippen LogP contribution in [0.5, 0.6) is 0 Å². The van der Waals surface area contributed by atoms with Gasteiger partial charge in [-0.3, -0.25) is 4.79 Å². The Morgan fingerprint density at radius 3 is 2.54 bits per heavy atom. The summed E-state index contributed by atoms with van der Waals surface area (Å²) < 4.78 is 5.34. The highest BCUT2D eigenvalue weighted by Crippen LogP contribution is 2.40. The van der Waals surface area contributed by atoms with Crippen LogP contribution in [0.25, 0.3) is 0 Å². The molecule has 0 spiro atoms. The molecule has 0 bridgehead atoms. The third-order valence-corrected chi connectivity index (χ3v) is 5.64. The second-order valence-electron chi connectivity index (χ2n) is 7.62. The maximum absolute atomic E-state index is 12.7. The second kappa shape index (κ2) is 6.37. The molecule has 0 unspecified atom stereocenters. The lowest BCUT2D eigenvalue weighted by Gasteiger charge is -2.39. The Morgan fingerprint density at radius 1 is 1.12 bits per heavy atom. The van der Waals surface area contributed by atoms with E-state index in [0.29, 0.717) is 23.7 Å². The molecule has 0 N–H and O–H groups in total. The van der Waals surface area contributed by atoms with Gasteiger partial charge in [-0.25, -0.2) is 9.97 Å². The minimum atomic E-state index is -0.000826. The van der Waals surface area contributed by atoms with E-state index in [1.807, 2.05) is 17.0 Å². The molecular weight excluding hydrogens is 330 g/mol. The molecule has 0 aromatic carbocycles. The summed E-state index contributed by atoms with van der Waals surface area (Å²) in [6.45, 7) is 1.51. The monoisotopic (exact) mass is 353 g/mol. The molecule has 0 radical (unpaired) electrons. The standard InChI is InChI=1S/C19H23N5O2/c25-19(16-11-17(26-22-16)13-1-2-13)23-9-6-15(7-10-23)24(14-3-4-14)18-5-8-20-12-21-18/h5,8,11-15H,1-4,6-7,9-10H2. The fourth-order valence-electron chi connectivity index (χ4n) is 3.92. The number of amides is 1. The molecule has 3 aliphatic rings. The van der Waals surface area contributed by atoms with Gasteiger partial charge in [-0.2, -0.15) is 0 Å². The molecule has 136 valence electrons. The van der Waals surface area contributed by atoms with Crippen LogP contribution in [0.2, 0.25) is 0 Å². The van der Waals surface area contributed by atoms with Gasteiger partial charge >= 0.3 is 0 Å². The van der Waals surface area contributed by atoms with Crippen LogP contribution in [0, 0.1) is 0 Å². The van der Waals surface area contributed by atoms with E-state index in [4.69, 9.17) is 4.52 Å². The summed E-state index contributed by atoms with van der Waals surface area (Å²) in [6, 6.07) is 4.85. The number of likely N-dealkylation sites (tertiary alicyclic amines) is 1. The van der Waals surface area contributed by atoms with Gasteiger partial charge in [0.25, 0.3) is 5.91 Å². The first-order valence-electron chi connectivity index (χ1n) is 9.60. The number of carbonyl (C=O) groups excluding carboxylic acids is 1. The zero-order chi connectivity index (χ0) is 17.5. The maximum Gasteiger partial charge on any atom is 0.276 e. The first-order chi connectivity index (χ1) is 12.8. The molecule has 2 aromatic rings. The van der Waals surface area contributed by atoms with E-state index >= 15 is 0 Å². The summed E-state index contributed by atoms with van der Waals surface area (Å²) in [7, 11) is 0. The number of nitrogens with zero attached hydrogens (tertiary/aromatic N) is 5. The van der Waals surface area contributed by atoms with Crippen molar-refractivity contribution in [3.05, 3.63) is 36.1 Å². The second-order valence-corrected chi connectivity index (χ2v) is 7.62. The zero-order valence-electron chi connectivity index (χ0n) is 14.8. The van der Waals surface area contributed by atoms with Crippen LogP contribution < -0.4 is 4.90 Å². The van der Waals surface area contributed by atoms with Crippen molar-refractivity contribution in [1.82, 2.24) is 20.0 Å². The van der Waals surface area contributed by atoms with Crippen molar-refractivity contribution in [2.75, 3.05) is 18.0 Å². The van der Waals surface area contributed by atoms with Gasteiger partial charge in [-0.1, -0.05) is 5.16 Å². The van der Waals surface area contributed by atoms with Crippen LogP contribution in [-0.4, -0.2) is 51.1 Å². The maximum atomic E-state index is 12.7. The van der Waals surface area contributed by atoms with Crippen molar-refractivity contribution < 1.29 is 9.32 Å². The molecule has 3 fully saturated rings. The van der Waals surface area contributed by atoms with Gasteiger partial charge in [0.2, 0.25) is 0 Å². The summed E-state index contributed by atoms with van der Waals surface area (Å²) in [5, 5.41) is 4.00. The van der Waals surface area contributed by atoms with Crippen molar-refractivity contribution in [1.29, 1.82) is 0 Å². The van der Waals surface area contributed by atoms with Crippen LogP contribution in [0.15, 0.2) is 29.2 Å². The van der Waals surface area contributed by atoms with Crippen LogP contribution >= 0.6 is 0 Å². The summed E-state index contributed by atoms with van der Waals surface area (Å²) in [5.41, 5.74) is 0.459. The first kappa shape index (κ1) is 15.8. The molecular formula is C19H23N5O2. The van der Waals surface area contributed by atoms with E-state index in [9.17, 15) is 4.79 Å². The third-order valence-electron chi connectivity index (χ3n) is 5.64. The molecule has 7 nitrogen and oxygen atoms in total. The van der Waals surface area contributed by atoms with Gasteiger partial charge < -0.3 is 14.3 Å². The van der Waals surface area contributed by atoms with Gasteiger partial charge in [0, 0.05) is 43.4 Å². The smallest absolute Gasteiger partial charge is 0.276 e. The fraction of sp³-hybridized carbons (Fsp3) is 0.579. The molecule has 1 amide bonds. The molecule has 0 atom stereocenters. The highest BCUT2D eigenvalue weighted by molar-refractivity contribution is 5.92. The fourth-order valence-corrected chi connectivity index (χ4v) is 3.92. The van der Waals surface area contributed by atoms with Gasteiger partial charge in [0.05, 0.1) is 0 Å². The van der Waals surface area contributed by atoms with Crippen LogP contribution in [0.3, 0.4) is 0 Å². The molecule has 26 heavy (non-hydrogen) atoms. The number of piperidine rings is 1. The number of hydrogen-bond donors (Lipinski definition) is 0. The van der Waals surface area contributed by atoms with Crippen molar-refractivity contribution in [2.45, 2.75) is 56.5 Å². The molecule has 5 rings (SSSR count). The quantitative estimate of drug-likeness (QED) is 0.822. The van der Waals surface area contributed by atoms with Crippen molar-refractivity contribution in [2.24, 2.45) is 0 Å². The Labute approximate surface area is 152 Å². The molecule has 7 heteroatoms. The average molecular weight is 353 g/mol. The molecule has 2 saturated carbocycles. The molecule has 2 aromatic heterocycles. The van der Waals surface area contributed by atoms with Crippen LogP contribution in [0.1, 0.15) is 60.7 Å². The van der Waals surface area contributed by atoms with Gasteiger partial charge in [0.1, 0.15) is 17.9 Å². The Hall–Kier alpha value is -2.44. The van der Waals surface area contributed by atoms with Crippen molar-refractivity contribution >= 4 is 11.7 Å². The Balaban J connectivity index is 1.24. The number of hydrogen-bond acceptors (Lipinski definition) is 6. The Kier molecular flexibility index (Phi) is 3.87. The lowest BCUT2D eigenvalue weighted by molar-refractivity contribution is 0.0701. The minimum absolute atomic E-state index is 0.000826. The highest BCUT2D eigenvalue weighted by atomic mass is 16.5. The predicted molar refractivity (Wildman–Crippen MR) is 94.9 cm³/mol. The van der Waals surface area contributed by atoms with E-state index in [1.165, 1.54) is 12.8 Å². The summed E-state index contributed by atoms with van der Waals surface area (Å²) in [4.78, 5) is 25.6. The lowest BCUT2D eigenvalue weighted by atomic mass is 10.0. The number of aromatic nitrogens is 3. The molecule has 1 saturated heterocycles. The van der Waals surface area contributed by atoms with Crippen molar-refractivity contribution in [3.63, 3.8) is 0 Å². The largest absolute Gasteiger partial charge is 0.360 e. The topological polar surface area (TPSA) is 75.4 Å². The highest BCUT2D eigenvalue weighted by Gasteiger charge is 2.37. The SMILES string of the molecule is O=C(c1cc(C2CC2)on1)N1CCC(N(c2ccncn2)C2CC2)CC1. The number of anilines is 1. The van der Waals surface area contributed by atoms with E-state index in [0.717, 1.165) is 50.4 Å². The number of rotatable bonds is 5. The molecule has 2 aliphatic carbocycles. The average Bonchev–Trinajstić information content (AvgIpc) is 3.63. The molecule has 3 heterocycles. The van der Waals surface area contributed by atoms with Gasteiger partial charge in [-0.05, 0) is 44.6 Å². The predicted octanol–water partition coefficient (Wildman–Crippen LogP) is 2.62. The van der Waals surface area contributed by atoms with E-state index in [-0.39, 0.29) is 5.91 Å². The summed E-state index contributed by atoms with van der Waals surface area (Å²) >= 11 is 0. The summed E-state index contributed by atoms with van der Waals surface area (Å²) in [5.74, 6) is 2.36. The summed E-state index contributed by atoms with van der Waals surface area (Å²) in [6.07, 6.45) is 10.1. The first-order valence-corrected chi connectivity index (χ1v) is 9.60. The lowest BCUT2D eigenvalue weighted by Crippen LogP contribution is -2.48. The van der Waals surface area contributed by atoms with E-state index < -0.39 is 0 Å². The normalized spacial score (nSPS) is 21.0. The Morgan fingerprint density at radius 2 is 1.88 bits per heavy atom. The van der Waals surface area contributed by atoms with Gasteiger partial charge in [-0.15, -0.1) is 0 Å². The van der Waals surface area contributed by atoms with Crippen molar-refractivity contribution in [3.8, 4) is 0 Å². The van der Waals surface area contributed by atoms with Gasteiger partial charge in [0.15, 0.2) is 5.69 Å². The number of carbonyl (C=O) groups is 1. The zero-order valence-corrected chi connectivity index (χ0v) is 14.8. The van der Waals surface area contributed by atoms with Crippen LogP contribution in [-0.2, 0) is 0 Å². The molecule has 1 aliphatic heterocycles. The van der Waals surface area contributed by atoms with E-state index in [1.54, 1.807) is 12.5 Å². The Bertz CT molecular complexity index is 776.